The van der Waals surface area contributed by atoms with Gasteiger partial charge < -0.3 is 19.3 Å². The molecule has 1 fully saturated rings. The van der Waals surface area contributed by atoms with Gasteiger partial charge in [0, 0.05) is 0 Å². The van der Waals surface area contributed by atoms with Crippen molar-refractivity contribution in [3.8, 4) is 17.2 Å². The van der Waals surface area contributed by atoms with Crippen molar-refractivity contribution in [1.82, 2.24) is 4.90 Å². The lowest BCUT2D eigenvalue weighted by Gasteiger charge is -2.16. The van der Waals surface area contributed by atoms with Crippen LogP contribution in [0.2, 0.25) is 5.02 Å². The van der Waals surface area contributed by atoms with Crippen molar-refractivity contribution in [2.45, 2.75) is 20.1 Å². The molecule has 1 N–H and O–H groups in total. The van der Waals surface area contributed by atoms with E-state index in [-0.39, 0.29) is 35.5 Å². The monoisotopic (exact) mass is 646 g/mol. The molecule has 0 aliphatic carbocycles. The molecule has 8 nitrogen and oxygen atoms in total. The van der Waals surface area contributed by atoms with Crippen LogP contribution in [-0.2, 0) is 17.9 Å². The zero-order valence-electron chi connectivity index (χ0n) is 24.3. The molecule has 230 valence electrons. The Morgan fingerprint density at radius 1 is 1.02 bits per heavy atom. The number of aromatic carboxylic acids is 1. The van der Waals surface area contributed by atoms with E-state index in [9.17, 15) is 19.1 Å². The van der Waals surface area contributed by atoms with E-state index in [1.807, 2.05) is 6.92 Å². The number of benzene rings is 4. The van der Waals surface area contributed by atoms with Gasteiger partial charge in [0.15, 0.2) is 16.7 Å². The van der Waals surface area contributed by atoms with Gasteiger partial charge in [-0.05, 0) is 102 Å². The number of halogens is 2. The average Bonchev–Trinajstić information content (AvgIpc) is 3.30. The van der Waals surface area contributed by atoms with Gasteiger partial charge in [0.05, 0.1) is 41.4 Å². The van der Waals surface area contributed by atoms with E-state index in [1.54, 1.807) is 73.8 Å². The molecule has 0 radical (unpaired) electrons. The lowest BCUT2D eigenvalue weighted by Crippen LogP contribution is -2.28. The molecule has 0 bridgehead atoms. The molecular formula is C34H28ClFN2O6S. The first-order chi connectivity index (χ1) is 21.7. The van der Waals surface area contributed by atoms with Gasteiger partial charge in [0.25, 0.3) is 5.91 Å². The van der Waals surface area contributed by atoms with Crippen molar-refractivity contribution < 1.29 is 33.3 Å². The zero-order valence-corrected chi connectivity index (χ0v) is 25.9. The highest BCUT2D eigenvalue weighted by Gasteiger charge is 2.34. The number of rotatable bonds is 11. The first kappa shape index (κ1) is 31.6. The molecule has 4 aromatic rings. The molecular weight excluding hydrogens is 619 g/mol. The third-order valence-electron chi connectivity index (χ3n) is 6.63. The van der Waals surface area contributed by atoms with E-state index in [0.717, 1.165) is 5.56 Å². The van der Waals surface area contributed by atoms with Gasteiger partial charge in [0.2, 0.25) is 0 Å². The fourth-order valence-corrected chi connectivity index (χ4v) is 5.71. The third-order valence-corrected chi connectivity index (χ3v) is 7.92. The Kier molecular flexibility index (Phi) is 10.1. The topological polar surface area (TPSA) is 97.7 Å². The number of carbonyl (C=O) groups is 2. The van der Waals surface area contributed by atoms with Crippen LogP contribution in [0.25, 0.3) is 6.08 Å². The molecule has 1 aliphatic heterocycles. The Balaban J connectivity index is 1.46. The lowest BCUT2D eigenvalue weighted by molar-refractivity contribution is -0.122. The van der Waals surface area contributed by atoms with Crippen molar-refractivity contribution in [3.63, 3.8) is 0 Å². The molecule has 11 heteroatoms. The molecule has 45 heavy (non-hydrogen) atoms. The van der Waals surface area contributed by atoms with E-state index >= 15 is 0 Å². The highest BCUT2D eigenvalue weighted by molar-refractivity contribution is 8.18. The number of hydrogen-bond donors (Lipinski definition) is 1. The fraction of sp³-hybridized carbons (Fsp3) is 0.147. The Hall–Kier alpha value is -4.80. The molecule has 0 aromatic heterocycles. The number of methoxy groups -OCH3 is 1. The van der Waals surface area contributed by atoms with Crippen LogP contribution in [0.3, 0.4) is 0 Å². The molecule has 1 saturated heterocycles. The number of nitrogens with zero attached hydrogens (tertiary/aromatic N) is 2. The summed E-state index contributed by atoms with van der Waals surface area (Å²) >= 11 is 7.84. The van der Waals surface area contributed by atoms with Crippen LogP contribution in [-0.4, -0.2) is 40.8 Å². The van der Waals surface area contributed by atoms with Crippen LogP contribution in [0.15, 0.2) is 94.8 Å². The summed E-state index contributed by atoms with van der Waals surface area (Å²) < 4.78 is 30.6. The number of carboxylic acids is 1. The number of carboxylic acid groups (broad SMARTS) is 1. The molecule has 1 aliphatic rings. The van der Waals surface area contributed by atoms with Crippen LogP contribution in [0.5, 0.6) is 17.2 Å². The highest BCUT2D eigenvalue weighted by Crippen LogP contribution is 2.40. The van der Waals surface area contributed by atoms with E-state index in [1.165, 1.54) is 40.9 Å². The summed E-state index contributed by atoms with van der Waals surface area (Å²) in [5.74, 6) is -0.314. The van der Waals surface area contributed by atoms with Crippen LogP contribution in [0, 0.1) is 5.82 Å². The second-order valence-corrected chi connectivity index (χ2v) is 11.2. The molecule has 5 rings (SSSR count). The number of thioether (sulfide) groups is 1. The fourth-order valence-electron chi connectivity index (χ4n) is 4.44. The van der Waals surface area contributed by atoms with Crippen molar-refractivity contribution in [2.24, 2.45) is 4.99 Å². The van der Waals surface area contributed by atoms with E-state index in [0.29, 0.717) is 50.7 Å². The number of amides is 1. The molecule has 0 atom stereocenters. The molecule has 4 aromatic carbocycles. The maximum atomic E-state index is 13.8. The summed E-state index contributed by atoms with van der Waals surface area (Å²) in [6.07, 6.45) is 1.70. The predicted molar refractivity (Wildman–Crippen MR) is 173 cm³/mol. The summed E-state index contributed by atoms with van der Waals surface area (Å²) in [7, 11) is 1.58. The van der Waals surface area contributed by atoms with Crippen molar-refractivity contribution in [1.29, 1.82) is 0 Å². The number of ether oxygens (including phenoxy) is 3. The summed E-state index contributed by atoms with van der Waals surface area (Å²) in [6.45, 7) is 2.43. The summed E-state index contributed by atoms with van der Waals surface area (Å²) in [6, 6.07) is 23.0. The Morgan fingerprint density at radius 3 is 2.44 bits per heavy atom. The summed E-state index contributed by atoms with van der Waals surface area (Å²) in [4.78, 5) is 31.7. The first-order valence-corrected chi connectivity index (χ1v) is 15.0. The van der Waals surface area contributed by atoms with Crippen LogP contribution in [0.4, 0.5) is 10.1 Å². The maximum absolute atomic E-state index is 13.8. The van der Waals surface area contributed by atoms with Crippen molar-refractivity contribution in [2.75, 3.05) is 13.7 Å². The standard InChI is InChI=1S/C34H28ClFN2O6S/c1-3-43-29-17-23(16-28(35)31(29)44-20-22-5-4-6-25(36)15-22)18-30-32(39)38(19-21-7-9-24(10-8-21)33(40)41)34(45-30)37-26-11-13-27(42-2)14-12-26/h4-18H,3,19-20H2,1-2H3,(H,40,41)/b30-18-,37-34?. The molecule has 0 unspecified atom stereocenters. The molecule has 1 heterocycles. The minimum atomic E-state index is -1.03. The van der Waals surface area contributed by atoms with Crippen molar-refractivity contribution >= 4 is 52.2 Å². The Labute approximate surface area is 268 Å². The average molecular weight is 647 g/mol. The van der Waals surface area contributed by atoms with Crippen molar-refractivity contribution in [3.05, 3.63) is 123 Å². The largest absolute Gasteiger partial charge is 0.497 e. The second-order valence-electron chi connectivity index (χ2n) is 9.78. The van der Waals surface area contributed by atoms with Gasteiger partial charge >= 0.3 is 5.97 Å². The summed E-state index contributed by atoms with van der Waals surface area (Å²) in [5, 5.41) is 9.97. The highest BCUT2D eigenvalue weighted by atomic mass is 35.5. The number of amidine groups is 1. The minimum Gasteiger partial charge on any atom is -0.497 e. The maximum Gasteiger partial charge on any atom is 0.335 e. The van der Waals surface area contributed by atoms with Gasteiger partial charge in [-0.25, -0.2) is 14.2 Å². The number of hydrogen-bond acceptors (Lipinski definition) is 7. The SMILES string of the molecule is CCOc1cc(/C=C2\SC(=Nc3ccc(OC)cc3)N(Cc3ccc(C(=O)O)cc3)C2=O)cc(Cl)c1OCc1cccc(F)c1. The van der Waals surface area contributed by atoms with E-state index in [2.05, 4.69) is 0 Å². The second kappa shape index (κ2) is 14.3. The predicted octanol–water partition coefficient (Wildman–Crippen LogP) is 7.97. The molecule has 0 saturated carbocycles. The number of carbonyl (C=O) groups excluding carboxylic acids is 1. The minimum absolute atomic E-state index is 0.0833. The molecule has 0 spiro atoms. The van der Waals surface area contributed by atoms with E-state index < -0.39 is 5.97 Å². The normalized spacial score (nSPS) is 14.7. The quantitative estimate of drug-likeness (QED) is 0.165. The Bertz CT molecular complexity index is 1780. The van der Waals surface area contributed by atoms with Gasteiger partial charge in [-0.3, -0.25) is 9.69 Å². The molecule has 1 amide bonds. The van der Waals surface area contributed by atoms with Crippen LogP contribution < -0.4 is 14.2 Å². The lowest BCUT2D eigenvalue weighted by atomic mass is 10.1. The Morgan fingerprint density at radius 2 is 1.78 bits per heavy atom. The van der Waals surface area contributed by atoms with Gasteiger partial charge in [0.1, 0.15) is 18.2 Å². The third kappa shape index (κ3) is 7.84. The zero-order chi connectivity index (χ0) is 31.9. The van der Waals surface area contributed by atoms with Gasteiger partial charge in [-0.1, -0.05) is 35.9 Å². The van der Waals surface area contributed by atoms with Crippen LogP contribution in [0.1, 0.15) is 34.0 Å². The smallest absolute Gasteiger partial charge is 0.335 e. The first-order valence-electron chi connectivity index (χ1n) is 13.8. The van der Waals surface area contributed by atoms with Crippen LogP contribution >= 0.6 is 23.4 Å². The number of aliphatic imine (C=N–C) groups is 1. The van der Waals surface area contributed by atoms with Gasteiger partial charge in [-0.2, -0.15) is 0 Å². The summed E-state index contributed by atoms with van der Waals surface area (Å²) in [5.41, 5.74) is 2.75. The van der Waals surface area contributed by atoms with E-state index in [4.69, 9.17) is 30.8 Å². The van der Waals surface area contributed by atoms with Gasteiger partial charge in [-0.15, -0.1) is 0 Å².